The summed E-state index contributed by atoms with van der Waals surface area (Å²) in [5.41, 5.74) is 10.4. The molecule has 3 aromatic rings. The Balaban J connectivity index is 1.47. The molecule has 2 heterocycles. The number of likely N-dealkylation sites (tertiary alicyclic amines) is 1. The van der Waals surface area contributed by atoms with Gasteiger partial charge >= 0.3 is 0 Å². The Kier molecular flexibility index (Phi) is 9.73. The maximum absolute atomic E-state index is 12.5. The number of aromatic nitrogens is 1. The van der Waals surface area contributed by atoms with Gasteiger partial charge in [-0.15, -0.1) is 0 Å². The molecule has 38 heavy (non-hydrogen) atoms. The number of carbonyl (C=O) groups excluding carboxylic acids is 1. The summed E-state index contributed by atoms with van der Waals surface area (Å²) in [5.74, 6) is 1.06. The predicted octanol–water partition coefficient (Wildman–Crippen LogP) is 5.77. The van der Waals surface area contributed by atoms with Gasteiger partial charge in [-0.25, -0.2) is 4.98 Å². The number of hydrogen-bond acceptors (Lipinski definition) is 6. The van der Waals surface area contributed by atoms with Crippen LogP contribution in [0.4, 0.5) is 5.69 Å². The van der Waals surface area contributed by atoms with Crippen molar-refractivity contribution in [2.75, 3.05) is 31.6 Å². The Bertz CT molecular complexity index is 1180. The van der Waals surface area contributed by atoms with Gasteiger partial charge < -0.3 is 20.5 Å². The third-order valence-electron chi connectivity index (χ3n) is 7.31. The second-order valence-electron chi connectivity index (χ2n) is 9.99. The molecule has 1 unspecified atom stereocenters. The van der Waals surface area contributed by atoms with Crippen molar-refractivity contribution in [3.8, 4) is 11.6 Å². The largest absolute Gasteiger partial charge is 0.439 e. The minimum absolute atomic E-state index is 0.340. The smallest absolute Gasteiger partial charge is 0.251 e. The second-order valence-corrected chi connectivity index (χ2v) is 9.99. The first kappa shape index (κ1) is 27.6. The first-order chi connectivity index (χ1) is 18.5. The number of nitrogens with two attached hydrogens (primary N) is 1. The van der Waals surface area contributed by atoms with Gasteiger partial charge in [-0.2, -0.15) is 0 Å². The molecule has 0 aliphatic carbocycles. The van der Waals surface area contributed by atoms with E-state index in [4.69, 9.17) is 20.2 Å². The number of para-hydroxylation sites is 1. The van der Waals surface area contributed by atoms with E-state index in [9.17, 15) is 4.79 Å². The zero-order chi connectivity index (χ0) is 26.9. The van der Waals surface area contributed by atoms with Crippen LogP contribution in [-0.4, -0.2) is 42.0 Å². The number of benzene rings is 2. The average molecular weight is 517 g/mol. The van der Waals surface area contributed by atoms with Gasteiger partial charge in [0.25, 0.3) is 5.91 Å². The van der Waals surface area contributed by atoms with Crippen molar-refractivity contribution >= 4 is 11.6 Å². The fraction of sp³-hybridized carbons (Fsp3) is 0.419. The van der Waals surface area contributed by atoms with Crippen LogP contribution in [0.1, 0.15) is 54.7 Å². The predicted molar refractivity (Wildman–Crippen MR) is 151 cm³/mol. The molecule has 3 N–H and O–H groups in total. The van der Waals surface area contributed by atoms with Gasteiger partial charge in [0.15, 0.2) is 6.10 Å². The molecule has 0 bridgehead atoms. The molecule has 7 nitrogen and oxygen atoms in total. The van der Waals surface area contributed by atoms with E-state index in [1.54, 1.807) is 0 Å². The van der Waals surface area contributed by atoms with Crippen LogP contribution in [0.15, 0.2) is 60.7 Å². The number of amides is 1. The molecule has 1 aliphatic rings. The highest BCUT2D eigenvalue weighted by Crippen LogP contribution is 2.39. The maximum atomic E-state index is 12.5. The van der Waals surface area contributed by atoms with E-state index in [2.05, 4.69) is 40.5 Å². The van der Waals surface area contributed by atoms with Crippen molar-refractivity contribution in [1.82, 2.24) is 9.88 Å². The highest BCUT2D eigenvalue weighted by molar-refractivity contribution is 5.84. The number of carbonyl (C=O) groups is 1. The van der Waals surface area contributed by atoms with Crippen LogP contribution in [0.5, 0.6) is 11.6 Å². The normalized spacial score (nSPS) is 15.2. The fourth-order valence-electron chi connectivity index (χ4n) is 5.09. The van der Waals surface area contributed by atoms with Crippen molar-refractivity contribution in [2.24, 2.45) is 11.7 Å². The molecule has 4 rings (SSSR count). The number of primary amides is 1. The molecule has 0 spiro atoms. The molecule has 1 saturated heterocycles. The van der Waals surface area contributed by atoms with E-state index < -0.39 is 12.0 Å². The fourth-order valence-corrected chi connectivity index (χ4v) is 5.09. The number of anilines is 1. The SMILES string of the molecule is CCOC(C(N)=O)c1c(Oc2ccccc2)nc(C)c(C)c1NCCC1CCN(Cc2ccccc2)CC1. The number of aryl methyl sites for hydroxylation is 1. The molecule has 202 valence electrons. The van der Waals surface area contributed by atoms with E-state index >= 15 is 0 Å². The van der Waals surface area contributed by atoms with Gasteiger partial charge in [-0.1, -0.05) is 48.5 Å². The summed E-state index contributed by atoms with van der Waals surface area (Å²) >= 11 is 0. The molecule has 1 aromatic heterocycles. The minimum atomic E-state index is -0.964. The molecular formula is C31H40N4O3. The summed E-state index contributed by atoms with van der Waals surface area (Å²) in [5, 5.41) is 3.62. The van der Waals surface area contributed by atoms with Crippen LogP contribution in [0.25, 0.3) is 0 Å². The Morgan fingerprint density at radius 1 is 1.08 bits per heavy atom. The minimum Gasteiger partial charge on any atom is -0.439 e. The van der Waals surface area contributed by atoms with Gasteiger partial charge in [-0.05, 0) is 82.3 Å². The number of nitrogens with zero attached hydrogens (tertiary/aromatic N) is 2. The summed E-state index contributed by atoms with van der Waals surface area (Å²) < 4.78 is 12.0. The van der Waals surface area contributed by atoms with Crippen LogP contribution in [0.2, 0.25) is 0 Å². The quantitative estimate of drug-likeness (QED) is 0.318. The van der Waals surface area contributed by atoms with Gasteiger partial charge in [-0.3, -0.25) is 9.69 Å². The van der Waals surface area contributed by atoms with E-state index in [0.29, 0.717) is 29.7 Å². The van der Waals surface area contributed by atoms with Crippen molar-refractivity contribution in [2.45, 2.75) is 52.7 Å². The number of piperidine rings is 1. The monoisotopic (exact) mass is 516 g/mol. The van der Waals surface area contributed by atoms with Crippen LogP contribution < -0.4 is 15.8 Å². The Morgan fingerprint density at radius 3 is 2.37 bits per heavy atom. The Labute approximate surface area is 226 Å². The first-order valence-corrected chi connectivity index (χ1v) is 13.6. The lowest BCUT2D eigenvalue weighted by Gasteiger charge is -2.32. The summed E-state index contributed by atoms with van der Waals surface area (Å²) in [7, 11) is 0. The lowest BCUT2D eigenvalue weighted by molar-refractivity contribution is -0.129. The van der Waals surface area contributed by atoms with Crippen LogP contribution in [-0.2, 0) is 16.1 Å². The summed E-state index contributed by atoms with van der Waals surface area (Å²) in [4.78, 5) is 19.7. The van der Waals surface area contributed by atoms with Crippen molar-refractivity contribution in [3.63, 3.8) is 0 Å². The maximum Gasteiger partial charge on any atom is 0.251 e. The lowest BCUT2D eigenvalue weighted by atomic mass is 9.93. The van der Waals surface area contributed by atoms with Crippen molar-refractivity contribution in [3.05, 3.63) is 83.0 Å². The Morgan fingerprint density at radius 2 is 1.74 bits per heavy atom. The topological polar surface area (TPSA) is 89.7 Å². The molecule has 1 fully saturated rings. The molecule has 1 amide bonds. The molecule has 1 atom stereocenters. The van der Waals surface area contributed by atoms with E-state index in [1.165, 1.54) is 18.4 Å². The number of hydrogen-bond donors (Lipinski definition) is 2. The third-order valence-corrected chi connectivity index (χ3v) is 7.31. The molecule has 1 aliphatic heterocycles. The van der Waals surface area contributed by atoms with Crippen LogP contribution >= 0.6 is 0 Å². The number of ether oxygens (including phenoxy) is 2. The molecule has 2 aromatic carbocycles. The molecule has 0 saturated carbocycles. The first-order valence-electron chi connectivity index (χ1n) is 13.6. The number of pyridine rings is 1. The van der Waals surface area contributed by atoms with Gasteiger partial charge in [0.1, 0.15) is 5.75 Å². The van der Waals surface area contributed by atoms with Gasteiger partial charge in [0.05, 0.1) is 11.3 Å². The van der Waals surface area contributed by atoms with E-state index in [0.717, 1.165) is 49.5 Å². The van der Waals surface area contributed by atoms with Gasteiger partial charge in [0.2, 0.25) is 5.88 Å². The highest BCUT2D eigenvalue weighted by Gasteiger charge is 2.30. The summed E-state index contributed by atoms with van der Waals surface area (Å²) in [6, 6.07) is 20.1. The molecular weight excluding hydrogens is 476 g/mol. The van der Waals surface area contributed by atoms with Crippen molar-refractivity contribution < 1.29 is 14.3 Å². The zero-order valence-corrected chi connectivity index (χ0v) is 22.8. The Hall–Kier alpha value is -3.42. The summed E-state index contributed by atoms with van der Waals surface area (Å²) in [6.07, 6.45) is 2.45. The highest BCUT2D eigenvalue weighted by atomic mass is 16.5. The molecule has 7 heteroatoms. The van der Waals surface area contributed by atoms with Gasteiger partial charge in [0, 0.05) is 25.4 Å². The second kappa shape index (κ2) is 13.4. The van der Waals surface area contributed by atoms with E-state index in [1.807, 2.05) is 51.1 Å². The molecule has 0 radical (unpaired) electrons. The third kappa shape index (κ3) is 7.11. The zero-order valence-electron chi connectivity index (χ0n) is 22.8. The number of nitrogens with one attached hydrogen (secondary N) is 1. The number of rotatable bonds is 12. The standard InChI is InChI=1S/C31H40N4O3/c1-4-37-29(30(32)36)27-28(22(2)23(3)34-31(27)38-26-13-9-6-10-14-26)33-18-15-24-16-19-35(20-17-24)21-25-11-7-5-8-12-25/h5-14,24,29H,4,15-21H2,1-3H3,(H2,32,36)(H,33,34). The van der Waals surface area contributed by atoms with Crippen LogP contribution in [0, 0.1) is 19.8 Å². The van der Waals surface area contributed by atoms with Crippen LogP contribution in [0.3, 0.4) is 0 Å². The lowest BCUT2D eigenvalue weighted by Crippen LogP contribution is -2.33. The average Bonchev–Trinajstić information content (AvgIpc) is 2.92. The van der Waals surface area contributed by atoms with E-state index in [-0.39, 0.29) is 0 Å². The summed E-state index contributed by atoms with van der Waals surface area (Å²) in [6.45, 7) is 10.2. The van der Waals surface area contributed by atoms with Crippen molar-refractivity contribution in [1.29, 1.82) is 0 Å².